The molecule has 0 aliphatic carbocycles. The van der Waals surface area contributed by atoms with Crippen molar-refractivity contribution >= 4 is 32.6 Å². The van der Waals surface area contributed by atoms with Crippen molar-refractivity contribution in [2.24, 2.45) is 0 Å². The van der Waals surface area contributed by atoms with Crippen LogP contribution in [0.15, 0.2) is 63.8 Å². The van der Waals surface area contributed by atoms with Crippen LogP contribution in [0.5, 0.6) is 5.75 Å². The Morgan fingerprint density at radius 2 is 1.86 bits per heavy atom. The molecule has 1 amide bonds. The van der Waals surface area contributed by atoms with Gasteiger partial charge in [0.2, 0.25) is 10.0 Å². The van der Waals surface area contributed by atoms with E-state index in [1.807, 2.05) is 0 Å². The summed E-state index contributed by atoms with van der Waals surface area (Å²) in [4.78, 5) is 23.3. The first-order valence-electron chi connectivity index (χ1n) is 8.29. The predicted molar refractivity (Wildman–Crippen MR) is 105 cm³/mol. The normalized spacial score (nSPS) is 11.2. The second kappa shape index (κ2) is 8.13. The lowest BCUT2D eigenvalue weighted by molar-refractivity contribution is -0.123. The molecule has 0 unspecified atom stereocenters. The Balaban J connectivity index is 1.59. The van der Waals surface area contributed by atoms with E-state index in [1.54, 1.807) is 42.5 Å². The maximum absolute atomic E-state index is 12.1. The molecule has 3 rings (SSSR count). The van der Waals surface area contributed by atoms with Crippen LogP contribution in [0.3, 0.4) is 0 Å². The molecule has 146 valence electrons. The number of carbonyl (C=O) groups is 1. The van der Waals surface area contributed by atoms with Crippen molar-refractivity contribution in [1.29, 1.82) is 0 Å². The van der Waals surface area contributed by atoms with Crippen molar-refractivity contribution in [3.63, 3.8) is 0 Å². The van der Waals surface area contributed by atoms with Crippen molar-refractivity contribution in [2.45, 2.75) is 6.54 Å². The van der Waals surface area contributed by atoms with E-state index in [2.05, 4.69) is 10.0 Å². The van der Waals surface area contributed by atoms with Crippen LogP contribution in [0.4, 0.5) is 5.69 Å². The van der Waals surface area contributed by atoms with Gasteiger partial charge in [0.25, 0.3) is 5.91 Å². The first-order valence-corrected chi connectivity index (χ1v) is 10.2. The van der Waals surface area contributed by atoms with Crippen LogP contribution in [0.2, 0.25) is 0 Å². The number of amides is 1. The maximum atomic E-state index is 12.1. The average Bonchev–Trinajstić information content (AvgIpc) is 2.64. The molecule has 0 radical (unpaired) electrons. The number of para-hydroxylation sites is 1. The molecule has 28 heavy (non-hydrogen) atoms. The Hall–Kier alpha value is -3.33. The molecule has 2 N–H and O–H groups in total. The molecule has 0 aliphatic heterocycles. The van der Waals surface area contributed by atoms with Crippen LogP contribution in [0.25, 0.3) is 11.0 Å². The molecule has 0 bridgehead atoms. The standard InChI is InChI=1S/C19H18N2O6S/c1-28(24,25)21-16-5-3-2-4-14(16)11-20-18(22)12-26-15-8-6-13-7-9-19(23)27-17(13)10-15/h2-10,21H,11-12H2,1H3,(H,20,22). The summed E-state index contributed by atoms with van der Waals surface area (Å²) in [5.41, 5.74) is 0.916. The molecule has 0 atom stereocenters. The fourth-order valence-electron chi connectivity index (χ4n) is 2.50. The van der Waals surface area contributed by atoms with Gasteiger partial charge in [0.05, 0.1) is 11.9 Å². The Labute approximate surface area is 161 Å². The van der Waals surface area contributed by atoms with Crippen molar-refractivity contribution < 1.29 is 22.4 Å². The number of fused-ring (bicyclic) bond motifs is 1. The summed E-state index contributed by atoms with van der Waals surface area (Å²) in [6.45, 7) is -0.113. The number of nitrogens with one attached hydrogen (secondary N) is 2. The van der Waals surface area contributed by atoms with E-state index < -0.39 is 15.6 Å². The SMILES string of the molecule is CS(=O)(=O)Nc1ccccc1CNC(=O)COc1ccc2ccc(=O)oc2c1. The van der Waals surface area contributed by atoms with Gasteiger partial charge in [-0.3, -0.25) is 9.52 Å². The van der Waals surface area contributed by atoms with Gasteiger partial charge in [-0.2, -0.15) is 0 Å². The highest BCUT2D eigenvalue weighted by atomic mass is 32.2. The van der Waals surface area contributed by atoms with E-state index >= 15 is 0 Å². The van der Waals surface area contributed by atoms with Gasteiger partial charge in [-0.05, 0) is 29.8 Å². The van der Waals surface area contributed by atoms with Gasteiger partial charge in [-0.15, -0.1) is 0 Å². The molecule has 1 heterocycles. The van der Waals surface area contributed by atoms with Gasteiger partial charge in [0.1, 0.15) is 11.3 Å². The minimum absolute atomic E-state index is 0.132. The Morgan fingerprint density at radius 3 is 2.64 bits per heavy atom. The van der Waals surface area contributed by atoms with Crippen molar-refractivity contribution in [3.8, 4) is 5.75 Å². The molecule has 0 saturated heterocycles. The summed E-state index contributed by atoms with van der Waals surface area (Å²) >= 11 is 0. The topological polar surface area (TPSA) is 115 Å². The quantitative estimate of drug-likeness (QED) is 0.583. The fraction of sp³-hybridized carbons (Fsp3) is 0.158. The van der Waals surface area contributed by atoms with Crippen LogP contribution in [-0.4, -0.2) is 27.2 Å². The second-order valence-electron chi connectivity index (χ2n) is 6.05. The van der Waals surface area contributed by atoms with Crippen molar-refractivity contribution in [3.05, 3.63) is 70.6 Å². The monoisotopic (exact) mass is 402 g/mol. The van der Waals surface area contributed by atoms with Gasteiger partial charge in [-0.25, -0.2) is 13.2 Å². The summed E-state index contributed by atoms with van der Waals surface area (Å²) < 4.78 is 35.7. The smallest absolute Gasteiger partial charge is 0.336 e. The lowest BCUT2D eigenvalue weighted by Gasteiger charge is -2.12. The minimum Gasteiger partial charge on any atom is -0.484 e. The first-order chi connectivity index (χ1) is 13.3. The molecule has 0 spiro atoms. The van der Waals surface area contributed by atoms with Crippen molar-refractivity contribution in [2.75, 3.05) is 17.6 Å². The highest BCUT2D eigenvalue weighted by Gasteiger charge is 2.09. The molecule has 0 saturated carbocycles. The van der Waals surface area contributed by atoms with Crippen LogP contribution in [0, 0.1) is 0 Å². The third-order valence-corrected chi connectivity index (χ3v) is 4.34. The second-order valence-corrected chi connectivity index (χ2v) is 7.80. The van der Waals surface area contributed by atoms with Gasteiger partial charge in [0.15, 0.2) is 6.61 Å². The van der Waals surface area contributed by atoms with Gasteiger partial charge < -0.3 is 14.5 Å². The number of carbonyl (C=O) groups excluding carboxylic acids is 1. The summed E-state index contributed by atoms with van der Waals surface area (Å²) in [5, 5.41) is 3.41. The number of anilines is 1. The van der Waals surface area contributed by atoms with E-state index in [0.29, 0.717) is 22.6 Å². The number of benzene rings is 2. The highest BCUT2D eigenvalue weighted by molar-refractivity contribution is 7.92. The molecular weight excluding hydrogens is 384 g/mol. The number of hydrogen-bond donors (Lipinski definition) is 2. The van der Waals surface area contributed by atoms with Crippen LogP contribution in [0.1, 0.15) is 5.56 Å². The molecule has 9 heteroatoms. The lowest BCUT2D eigenvalue weighted by Crippen LogP contribution is -2.28. The molecular formula is C19H18N2O6S. The van der Waals surface area contributed by atoms with E-state index in [1.165, 1.54) is 12.1 Å². The van der Waals surface area contributed by atoms with Gasteiger partial charge in [-0.1, -0.05) is 18.2 Å². The molecule has 8 nitrogen and oxygen atoms in total. The molecule has 0 aliphatic rings. The first kappa shape index (κ1) is 19.4. The predicted octanol–water partition coefficient (Wildman–Crippen LogP) is 1.86. The van der Waals surface area contributed by atoms with Crippen LogP contribution < -0.4 is 20.4 Å². The number of ether oxygens (including phenoxy) is 1. The Morgan fingerprint density at radius 1 is 1.11 bits per heavy atom. The molecule has 1 aromatic heterocycles. The summed E-state index contributed by atoms with van der Waals surface area (Å²) in [7, 11) is -3.42. The highest BCUT2D eigenvalue weighted by Crippen LogP contribution is 2.19. The third kappa shape index (κ3) is 5.34. The number of sulfonamides is 1. The number of hydrogen-bond acceptors (Lipinski definition) is 6. The largest absolute Gasteiger partial charge is 0.484 e. The lowest BCUT2D eigenvalue weighted by atomic mass is 10.2. The summed E-state index contributed by atoms with van der Waals surface area (Å²) in [5.74, 6) is -0.0000804. The maximum Gasteiger partial charge on any atom is 0.336 e. The van der Waals surface area contributed by atoms with E-state index in [4.69, 9.17) is 9.15 Å². The van der Waals surface area contributed by atoms with Crippen LogP contribution in [-0.2, 0) is 21.4 Å². The van der Waals surface area contributed by atoms with Crippen molar-refractivity contribution in [1.82, 2.24) is 5.32 Å². The molecule has 3 aromatic rings. The van der Waals surface area contributed by atoms with E-state index in [-0.39, 0.29) is 19.1 Å². The number of rotatable bonds is 7. The molecule has 2 aromatic carbocycles. The molecule has 0 fully saturated rings. The summed E-state index contributed by atoms with van der Waals surface area (Å²) in [6, 6.07) is 14.7. The Bertz CT molecular complexity index is 1170. The van der Waals surface area contributed by atoms with E-state index in [0.717, 1.165) is 11.6 Å². The third-order valence-electron chi connectivity index (χ3n) is 3.75. The fourth-order valence-corrected chi connectivity index (χ4v) is 3.10. The zero-order valence-electron chi connectivity index (χ0n) is 15.0. The van der Waals surface area contributed by atoms with Crippen LogP contribution >= 0.6 is 0 Å². The zero-order chi connectivity index (χ0) is 20.1. The van der Waals surface area contributed by atoms with Gasteiger partial charge >= 0.3 is 5.63 Å². The minimum atomic E-state index is -3.42. The Kier molecular flexibility index (Phi) is 5.65. The van der Waals surface area contributed by atoms with Gasteiger partial charge in [0, 0.05) is 24.1 Å². The zero-order valence-corrected chi connectivity index (χ0v) is 15.8. The average molecular weight is 402 g/mol. The summed E-state index contributed by atoms with van der Waals surface area (Å²) in [6.07, 6.45) is 1.06. The van der Waals surface area contributed by atoms with E-state index in [9.17, 15) is 18.0 Å².